The molecule has 6 nitrogen and oxygen atoms in total. The van der Waals surface area contributed by atoms with Crippen LogP contribution in [0.15, 0.2) is 12.3 Å². The molecule has 0 fully saturated rings. The van der Waals surface area contributed by atoms with Gasteiger partial charge in [-0.25, -0.2) is 19.1 Å². The maximum Gasteiger partial charge on any atom is 0.420 e. The molecule has 1 heterocycles. The Morgan fingerprint density at radius 2 is 2.00 bits per heavy atom. The van der Waals surface area contributed by atoms with Crippen molar-refractivity contribution in [1.82, 2.24) is 9.55 Å². The first-order chi connectivity index (χ1) is 10.8. The fourth-order valence-electron chi connectivity index (χ4n) is 1.84. The number of esters is 1. The summed E-state index contributed by atoms with van der Waals surface area (Å²) in [5, 5.41) is 0. The van der Waals surface area contributed by atoms with Crippen LogP contribution in [-0.4, -0.2) is 33.8 Å². The number of hydrogen-bond acceptors (Lipinski definition) is 5. The van der Waals surface area contributed by atoms with Crippen molar-refractivity contribution in [3.63, 3.8) is 0 Å². The number of unbranched alkanes of at least 4 members (excludes halogenated alkanes) is 1. The van der Waals surface area contributed by atoms with E-state index < -0.39 is 17.7 Å². The molecule has 0 radical (unpaired) electrons. The molecule has 0 unspecified atom stereocenters. The molecule has 1 aromatic heterocycles. The summed E-state index contributed by atoms with van der Waals surface area (Å²) in [7, 11) is 0. The van der Waals surface area contributed by atoms with E-state index in [1.807, 2.05) is 20.8 Å². The Labute approximate surface area is 137 Å². The lowest BCUT2D eigenvalue weighted by atomic mass is 10.2. The van der Waals surface area contributed by atoms with E-state index in [1.54, 1.807) is 13.1 Å². The third-order valence-corrected chi connectivity index (χ3v) is 2.82. The summed E-state index contributed by atoms with van der Waals surface area (Å²) in [6, 6.07) is 0. The summed E-state index contributed by atoms with van der Waals surface area (Å²) in [6.07, 6.45) is 6.53. The average Bonchev–Trinajstić information content (AvgIpc) is 2.85. The van der Waals surface area contributed by atoms with Crippen molar-refractivity contribution in [2.45, 2.75) is 59.5 Å². The second kappa shape index (κ2) is 8.50. The Balaban J connectivity index is 2.98. The van der Waals surface area contributed by atoms with E-state index in [4.69, 9.17) is 9.47 Å². The van der Waals surface area contributed by atoms with Crippen LogP contribution in [0.1, 0.15) is 59.0 Å². The molecule has 0 saturated carbocycles. The Hall–Kier alpha value is -2.11. The van der Waals surface area contributed by atoms with Crippen LogP contribution in [0.4, 0.5) is 4.79 Å². The van der Waals surface area contributed by atoms with Gasteiger partial charge in [0.2, 0.25) is 0 Å². The molecule has 0 atom stereocenters. The zero-order valence-corrected chi connectivity index (χ0v) is 14.6. The predicted molar refractivity (Wildman–Crippen MR) is 88.1 cm³/mol. The zero-order valence-electron chi connectivity index (χ0n) is 14.6. The fourth-order valence-corrected chi connectivity index (χ4v) is 1.84. The predicted octanol–water partition coefficient (Wildman–Crippen LogP) is 3.59. The van der Waals surface area contributed by atoms with E-state index in [0.717, 1.165) is 12.8 Å². The van der Waals surface area contributed by atoms with E-state index >= 15 is 0 Å². The number of carbonyl (C=O) groups is 2. The summed E-state index contributed by atoms with van der Waals surface area (Å²) < 4.78 is 11.6. The van der Waals surface area contributed by atoms with Crippen LogP contribution >= 0.6 is 0 Å². The van der Waals surface area contributed by atoms with Crippen molar-refractivity contribution < 1.29 is 19.1 Å². The highest BCUT2D eigenvalue weighted by molar-refractivity contribution is 5.86. The Bertz CT molecular complexity index is 568. The molecule has 0 saturated heterocycles. The van der Waals surface area contributed by atoms with Crippen LogP contribution < -0.4 is 0 Å². The minimum Gasteiger partial charge on any atom is -0.463 e. The smallest absolute Gasteiger partial charge is 0.420 e. The Morgan fingerprint density at radius 1 is 1.30 bits per heavy atom. The molecule has 1 rings (SSSR count). The molecule has 1 aromatic rings. The van der Waals surface area contributed by atoms with Crippen molar-refractivity contribution in [2.75, 3.05) is 6.61 Å². The molecule has 0 spiro atoms. The summed E-state index contributed by atoms with van der Waals surface area (Å²) >= 11 is 0. The van der Waals surface area contributed by atoms with Crippen molar-refractivity contribution in [1.29, 1.82) is 0 Å². The molecular formula is C17H26N2O4. The molecule has 23 heavy (non-hydrogen) atoms. The molecule has 0 aromatic carbocycles. The molecule has 0 N–H and O–H groups in total. The molecule has 0 amide bonds. The van der Waals surface area contributed by atoms with Gasteiger partial charge in [-0.2, -0.15) is 0 Å². The number of carbonyl (C=O) groups excluding carboxylic acids is 2. The number of hydrogen-bond donors (Lipinski definition) is 0. The lowest BCUT2D eigenvalue weighted by Crippen LogP contribution is -2.27. The van der Waals surface area contributed by atoms with Crippen molar-refractivity contribution in [3.05, 3.63) is 23.8 Å². The summed E-state index contributed by atoms with van der Waals surface area (Å²) in [4.78, 5) is 28.0. The molecule has 0 bridgehead atoms. The lowest BCUT2D eigenvalue weighted by molar-refractivity contribution is -0.137. The van der Waals surface area contributed by atoms with Crippen LogP contribution in [0.5, 0.6) is 0 Å². The topological polar surface area (TPSA) is 70.4 Å². The van der Waals surface area contributed by atoms with Gasteiger partial charge in [0.15, 0.2) is 0 Å². The highest BCUT2D eigenvalue weighted by Gasteiger charge is 2.20. The maximum atomic E-state index is 12.3. The van der Waals surface area contributed by atoms with Gasteiger partial charge in [-0.3, -0.25) is 0 Å². The minimum atomic E-state index is -0.579. The lowest BCUT2D eigenvalue weighted by Gasteiger charge is -2.20. The number of ether oxygens (including phenoxy) is 2. The van der Waals surface area contributed by atoms with Gasteiger partial charge in [-0.1, -0.05) is 13.3 Å². The first kappa shape index (κ1) is 18.9. The number of imidazole rings is 1. The van der Waals surface area contributed by atoms with Gasteiger partial charge in [0.1, 0.15) is 11.4 Å². The van der Waals surface area contributed by atoms with Crippen molar-refractivity contribution in [2.24, 2.45) is 0 Å². The van der Waals surface area contributed by atoms with Gasteiger partial charge < -0.3 is 9.47 Å². The highest BCUT2D eigenvalue weighted by atomic mass is 16.6. The summed E-state index contributed by atoms with van der Waals surface area (Å²) in [5.41, 5.74) is -0.0559. The second-order valence-corrected chi connectivity index (χ2v) is 6.12. The Kier molecular flexibility index (Phi) is 7.00. The van der Waals surface area contributed by atoms with Gasteiger partial charge in [0.25, 0.3) is 0 Å². The van der Waals surface area contributed by atoms with Gasteiger partial charge in [0.05, 0.1) is 12.3 Å². The highest BCUT2D eigenvalue weighted by Crippen LogP contribution is 2.14. The van der Waals surface area contributed by atoms with Crippen LogP contribution in [0.2, 0.25) is 0 Å². The van der Waals surface area contributed by atoms with Crippen molar-refractivity contribution >= 4 is 18.1 Å². The van der Waals surface area contributed by atoms with Crippen LogP contribution in [0, 0.1) is 0 Å². The summed E-state index contributed by atoms with van der Waals surface area (Å²) in [6.45, 7) is 9.57. The third kappa shape index (κ3) is 6.67. The molecule has 128 valence electrons. The zero-order chi connectivity index (χ0) is 17.5. The monoisotopic (exact) mass is 322 g/mol. The molecular weight excluding hydrogens is 296 g/mol. The largest absolute Gasteiger partial charge is 0.463 e. The fraction of sp³-hybridized carbons (Fsp3) is 0.588. The number of nitrogens with zero attached hydrogens (tertiary/aromatic N) is 2. The molecule has 0 aliphatic carbocycles. The van der Waals surface area contributed by atoms with E-state index in [-0.39, 0.29) is 0 Å². The van der Waals surface area contributed by atoms with E-state index in [9.17, 15) is 9.59 Å². The van der Waals surface area contributed by atoms with E-state index in [2.05, 4.69) is 11.9 Å². The standard InChI is InChI=1S/C17H26N2O4/c1-6-8-9-14-18-13(10-11-15(20)22-7-2)12-19(14)16(21)23-17(3,4)5/h10-12H,6-9H2,1-5H3/b11-10-. The van der Waals surface area contributed by atoms with Crippen molar-refractivity contribution in [3.8, 4) is 0 Å². The van der Waals surface area contributed by atoms with Gasteiger partial charge in [0, 0.05) is 18.7 Å². The number of aromatic nitrogens is 2. The average molecular weight is 322 g/mol. The number of rotatable bonds is 6. The van der Waals surface area contributed by atoms with Crippen LogP contribution in [-0.2, 0) is 20.7 Å². The summed E-state index contributed by atoms with van der Waals surface area (Å²) in [5.74, 6) is 0.194. The van der Waals surface area contributed by atoms with E-state index in [1.165, 1.54) is 16.7 Å². The van der Waals surface area contributed by atoms with Gasteiger partial charge >= 0.3 is 12.1 Å². The normalized spacial score (nSPS) is 11.7. The van der Waals surface area contributed by atoms with Crippen LogP contribution in [0.3, 0.4) is 0 Å². The third-order valence-electron chi connectivity index (χ3n) is 2.82. The quantitative estimate of drug-likeness (QED) is 0.591. The van der Waals surface area contributed by atoms with Gasteiger partial charge in [-0.05, 0) is 40.2 Å². The van der Waals surface area contributed by atoms with Gasteiger partial charge in [-0.15, -0.1) is 0 Å². The van der Waals surface area contributed by atoms with E-state index in [0.29, 0.717) is 24.5 Å². The first-order valence-corrected chi connectivity index (χ1v) is 7.93. The molecule has 0 aliphatic rings. The second-order valence-electron chi connectivity index (χ2n) is 6.12. The first-order valence-electron chi connectivity index (χ1n) is 7.93. The SMILES string of the molecule is CCCCc1nc(/C=C\C(=O)OCC)cn1C(=O)OC(C)(C)C. The van der Waals surface area contributed by atoms with Crippen LogP contribution in [0.25, 0.3) is 6.08 Å². The maximum absolute atomic E-state index is 12.3. The molecule has 0 aliphatic heterocycles. The Morgan fingerprint density at radius 3 is 2.57 bits per heavy atom. The minimum absolute atomic E-state index is 0.317. The number of aryl methyl sites for hydroxylation is 1. The molecule has 6 heteroatoms.